The quantitative estimate of drug-likeness (QED) is 0.166. The Labute approximate surface area is 187 Å². The molecule has 31 heavy (non-hydrogen) atoms. The third-order valence-corrected chi connectivity index (χ3v) is 4.58. The highest BCUT2D eigenvalue weighted by Crippen LogP contribution is 2.07. The summed E-state index contributed by atoms with van der Waals surface area (Å²) in [5.74, 6) is -5.02. The molecule has 7 N–H and O–H groups in total. The zero-order valence-corrected chi connectivity index (χ0v) is 19.1. The van der Waals surface area contributed by atoms with E-state index in [2.05, 4.69) is 28.6 Å². The number of hydrogen-bond donors (Lipinski definition) is 7. The molecule has 0 bridgehead atoms. The molecule has 0 radical (unpaired) electrons. The van der Waals surface area contributed by atoms with Crippen molar-refractivity contribution in [2.75, 3.05) is 5.75 Å². The summed E-state index contributed by atoms with van der Waals surface area (Å²) in [5.41, 5.74) is 5.77. The molecule has 0 rings (SSSR count). The predicted molar refractivity (Wildman–Crippen MR) is 116 cm³/mol. The maximum Gasteiger partial charge on any atom is 0.326 e. The Balaban J connectivity index is 5.25. The highest BCUT2D eigenvalue weighted by atomic mass is 32.1. The predicted octanol–water partition coefficient (Wildman–Crippen LogP) is -0.651. The van der Waals surface area contributed by atoms with Crippen molar-refractivity contribution in [3.63, 3.8) is 0 Å². The molecule has 0 aromatic rings. The van der Waals surface area contributed by atoms with Crippen molar-refractivity contribution in [1.82, 2.24) is 16.0 Å². The standard InChI is InChI=1S/C19H34N4O7S/c1-9(2)5-11(20)16(26)21-12(7-15(24)25)17(27)23-14(8-31)18(28)22-13(19(29)30)6-10(3)4/h9-14,31H,5-8,20H2,1-4H3,(H,21,26)(H,22,28)(H,23,27)(H,24,25)(H,29,30). The van der Waals surface area contributed by atoms with Crippen LogP contribution in [0.5, 0.6) is 0 Å². The van der Waals surface area contributed by atoms with E-state index >= 15 is 0 Å². The lowest BCUT2D eigenvalue weighted by Crippen LogP contribution is -2.58. The molecular formula is C19H34N4O7S. The maximum absolute atomic E-state index is 12.6. The van der Waals surface area contributed by atoms with Gasteiger partial charge in [-0.25, -0.2) is 4.79 Å². The lowest BCUT2D eigenvalue weighted by atomic mass is 10.0. The van der Waals surface area contributed by atoms with Crippen LogP contribution in [0.4, 0.5) is 0 Å². The van der Waals surface area contributed by atoms with Gasteiger partial charge in [-0.1, -0.05) is 27.7 Å². The van der Waals surface area contributed by atoms with Crippen molar-refractivity contribution in [2.24, 2.45) is 17.6 Å². The molecule has 178 valence electrons. The van der Waals surface area contributed by atoms with E-state index in [9.17, 15) is 29.1 Å². The van der Waals surface area contributed by atoms with E-state index in [1.165, 1.54) is 0 Å². The van der Waals surface area contributed by atoms with Gasteiger partial charge in [0, 0.05) is 5.75 Å². The Morgan fingerprint density at radius 3 is 1.65 bits per heavy atom. The average molecular weight is 463 g/mol. The van der Waals surface area contributed by atoms with Gasteiger partial charge in [0.15, 0.2) is 0 Å². The van der Waals surface area contributed by atoms with Gasteiger partial charge >= 0.3 is 11.9 Å². The summed E-state index contributed by atoms with van der Waals surface area (Å²) in [7, 11) is 0. The second kappa shape index (κ2) is 13.9. The zero-order chi connectivity index (χ0) is 24.3. The summed E-state index contributed by atoms with van der Waals surface area (Å²) in [4.78, 5) is 59.7. The van der Waals surface area contributed by atoms with Gasteiger partial charge in [0.1, 0.15) is 18.1 Å². The Kier molecular flexibility index (Phi) is 12.8. The minimum atomic E-state index is -1.47. The van der Waals surface area contributed by atoms with Gasteiger partial charge < -0.3 is 31.9 Å². The number of thiol groups is 1. The number of carbonyl (C=O) groups excluding carboxylic acids is 3. The van der Waals surface area contributed by atoms with E-state index in [-0.39, 0.29) is 24.0 Å². The third-order valence-electron chi connectivity index (χ3n) is 4.21. The van der Waals surface area contributed by atoms with Crippen LogP contribution in [-0.2, 0) is 24.0 Å². The van der Waals surface area contributed by atoms with Gasteiger partial charge in [-0.2, -0.15) is 12.6 Å². The van der Waals surface area contributed by atoms with Crippen molar-refractivity contribution >= 4 is 42.3 Å². The van der Waals surface area contributed by atoms with Gasteiger partial charge in [-0.15, -0.1) is 0 Å². The molecule has 3 amide bonds. The van der Waals surface area contributed by atoms with Crippen LogP contribution >= 0.6 is 12.6 Å². The number of rotatable bonds is 14. The third kappa shape index (κ3) is 11.6. The van der Waals surface area contributed by atoms with Crippen LogP contribution < -0.4 is 21.7 Å². The minimum absolute atomic E-state index is 0.00403. The molecule has 0 aliphatic heterocycles. The van der Waals surface area contributed by atoms with Gasteiger partial charge in [0.25, 0.3) is 0 Å². The lowest BCUT2D eigenvalue weighted by molar-refractivity contribution is -0.143. The summed E-state index contributed by atoms with van der Waals surface area (Å²) in [6.07, 6.45) is -0.209. The molecule has 0 heterocycles. The van der Waals surface area contributed by atoms with Crippen LogP contribution in [0.25, 0.3) is 0 Å². The fourth-order valence-corrected chi connectivity index (χ4v) is 2.97. The van der Waals surface area contributed by atoms with E-state index in [1.807, 2.05) is 13.8 Å². The Morgan fingerprint density at radius 1 is 0.774 bits per heavy atom. The van der Waals surface area contributed by atoms with Gasteiger partial charge in [0.2, 0.25) is 17.7 Å². The van der Waals surface area contributed by atoms with Crippen LogP contribution in [0, 0.1) is 11.8 Å². The van der Waals surface area contributed by atoms with Crippen molar-refractivity contribution in [2.45, 2.75) is 71.1 Å². The molecule has 0 fully saturated rings. The smallest absolute Gasteiger partial charge is 0.326 e. The molecule has 12 heteroatoms. The van der Waals surface area contributed by atoms with Crippen molar-refractivity contribution < 1.29 is 34.2 Å². The van der Waals surface area contributed by atoms with Crippen molar-refractivity contribution in [1.29, 1.82) is 0 Å². The van der Waals surface area contributed by atoms with Crippen LogP contribution in [0.1, 0.15) is 47.0 Å². The molecule has 0 aromatic heterocycles. The number of carbonyl (C=O) groups is 5. The Morgan fingerprint density at radius 2 is 1.23 bits per heavy atom. The van der Waals surface area contributed by atoms with E-state index in [1.54, 1.807) is 13.8 Å². The summed E-state index contributed by atoms with van der Waals surface area (Å²) in [6.45, 7) is 7.30. The number of nitrogens with two attached hydrogens (primary N) is 1. The molecule has 0 saturated carbocycles. The summed E-state index contributed by atoms with van der Waals surface area (Å²) in [6, 6.07) is -4.79. The van der Waals surface area contributed by atoms with E-state index in [0.717, 1.165) is 0 Å². The van der Waals surface area contributed by atoms with E-state index in [0.29, 0.717) is 6.42 Å². The second-order valence-electron chi connectivity index (χ2n) is 8.17. The first kappa shape index (κ1) is 28.7. The molecule has 0 aliphatic rings. The highest BCUT2D eigenvalue weighted by Gasteiger charge is 2.31. The molecular weight excluding hydrogens is 428 g/mol. The van der Waals surface area contributed by atoms with Crippen LogP contribution in [-0.4, -0.2) is 69.8 Å². The molecule has 11 nitrogen and oxygen atoms in total. The number of amides is 3. The first-order chi connectivity index (χ1) is 14.3. The largest absolute Gasteiger partial charge is 0.481 e. The molecule has 0 aromatic carbocycles. The van der Waals surface area contributed by atoms with Gasteiger partial charge in [0.05, 0.1) is 12.5 Å². The molecule has 0 aliphatic carbocycles. The normalized spacial score (nSPS) is 15.0. The first-order valence-electron chi connectivity index (χ1n) is 10.0. The fourth-order valence-electron chi connectivity index (χ4n) is 2.71. The lowest BCUT2D eigenvalue weighted by Gasteiger charge is -2.24. The van der Waals surface area contributed by atoms with Gasteiger partial charge in [-0.3, -0.25) is 19.2 Å². The summed E-state index contributed by atoms with van der Waals surface area (Å²) in [5, 5.41) is 25.3. The molecule has 0 spiro atoms. The molecule has 4 unspecified atom stereocenters. The number of carboxylic acids is 2. The van der Waals surface area contributed by atoms with Crippen LogP contribution in [0.2, 0.25) is 0 Å². The first-order valence-corrected chi connectivity index (χ1v) is 10.6. The average Bonchev–Trinajstić information content (AvgIpc) is 2.63. The summed E-state index contributed by atoms with van der Waals surface area (Å²) < 4.78 is 0. The number of aliphatic carboxylic acids is 2. The Hall–Kier alpha value is -2.34. The maximum atomic E-state index is 12.6. The number of hydrogen-bond acceptors (Lipinski definition) is 7. The number of carboxylic acid groups (broad SMARTS) is 2. The van der Waals surface area contributed by atoms with Crippen LogP contribution in [0.15, 0.2) is 0 Å². The van der Waals surface area contributed by atoms with E-state index in [4.69, 9.17) is 10.8 Å². The van der Waals surface area contributed by atoms with E-state index < -0.39 is 60.2 Å². The summed E-state index contributed by atoms with van der Waals surface area (Å²) >= 11 is 4.01. The fraction of sp³-hybridized carbons (Fsp3) is 0.737. The molecule has 4 atom stereocenters. The Bertz CT molecular complexity index is 657. The monoisotopic (exact) mass is 462 g/mol. The zero-order valence-electron chi connectivity index (χ0n) is 18.3. The van der Waals surface area contributed by atoms with Crippen molar-refractivity contribution in [3.05, 3.63) is 0 Å². The SMILES string of the molecule is CC(C)CC(N)C(=O)NC(CC(=O)O)C(=O)NC(CS)C(=O)NC(CC(C)C)C(=O)O. The minimum Gasteiger partial charge on any atom is -0.481 e. The van der Waals surface area contributed by atoms with Crippen molar-refractivity contribution in [3.8, 4) is 0 Å². The topological polar surface area (TPSA) is 188 Å². The van der Waals surface area contributed by atoms with Gasteiger partial charge in [-0.05, 0) is 24.7 Å². The molecule has 0 saturated heterocycles. The highest BCUT2D eigenvalue weighted by molar-refractivity contribution is 7.80. The number of nitrogens with one attached hydrogen (secondary N) is 3. The van der Waals surface area contributed by atoms with Crippen LogP contribution in [0.3, 0.4) is 0 Å². The second-order valence-corrected chi connectivity index (χ2v) is 8.53.